The van der Waals surface area contributed by atoms with E-state index in [2.05, 4.69) is 0 Å². The zero-order chi connectivity index (χ0) is 32.2. The number of nitrogens with zero attached hydrogens (tertiary/aromatic N) is 3. The summed E-state index contributed by atoms with van der Waals surface area (Å²) in [6.07, 6.45) is -0.0340. The summed E-state index contributed by atoms with van der Waals surface area (Å²) in [5.41, 5.74) is 6.52. The van der Waals surface area contributed by atoms with Crippen LogP contribution in [0.2, 0.25) is 0 Å². The fourth-order valence-electron chi connectivity index (χ4n) is 6.13. The van der Waals surface area contributed by atoms with Crippen LogP contribution in [0.5, 0.6) is 5.75 Å². The smallest absolute Gasteiger partial charge is 0.337 e. The van der Waals surface area contributed by atoms with Crippen LogP contribution in [0.4, 0.5) is 8.78 Å². The number of carboxylic acids is 1. The molecular weight excluding hydrogens is 576 g/mol. The first-order chi connectivity index (χ1) is 21.3. The number of benzene rings is 3. The second-order valence-corrected chi connectivity index (χ2v) is 12.5. The number of rotatable bonds is 6. The molecule has 0 spiro atoms. The number of ether oxygens (including phenoxy) is 2. The molecule has 3 heterocycles. The van der Waals surface area contributed by atoms with Crippen LogP contribution in [0, 0.1) is 32.4 Å². The largest absolute Gasteiger partial charge is 0.490 e. The van der Waals surface area contributed by atoms with Crippen molar-refractivity contribution in [3.05, 3.63) is 94.2 Å². The molecule has 7 nitrogen and oxygen atoms in total. The Morgan fingerprint density at radius 3 is 2.38 bits per heavy atom. The molecule has 1 aliphatic rings. The van der Waals surface area contributed by atoms with Gasteiger partial charge < -0.3 is 14.6 Å². The molecule has 0 fully saturated rings. The number of aromatic nitrogens is 3. The van der Waals surface area contributed by atoms with Gasteiger partial charge in [-0.2, -0.15) is 5.10 Å². The first-order valence-corrected chi connectivity index (χ1v) is 15.0. The van der Waals surface area contributed by atoms with Gasteiger partial charge in [-0.3, -0.25) is 0 Å². The summed E-state index contributed by atoms with van der Waals surface area (Å²) in [5.74, 6) is -1.81. The Morgan fingerprint density at radius 2 is 1.69 bits per heavy atom. The molecule has 0 amide bonds. The van der Waals surface area contributed by atoms with Crippen LogP contribution in [-0.4, -0.2) is 37.9 Å². The summed E-state index contributed by atoms with van der Waals surface area (Å²) in [5, 5.41) is 15.5. The quantitative estimate of drug-likeness (QED) is 0.208. The standard InChI is InChI=1S/C36H35F2N3O4/c1-19-26-14-9-15-44-32(26)28(38)18-27(19)31-29(33(35(42)43)45-36(4,5)6)21(3)39-34-20(2)30(40-41(31)34)24-12-7-10-22(16-24)23-11-8-13-25(37)17-23/h7-8,10-13,16-18,33H,9,14-15H2,1-6H3,(H,42,43)/t33-/m0/s1. The van der Waals surface area contributed by atoms with E-state index in [4.69, 9.17) is 19.6 Å². The van der Waals surface area contributed by atoms with Crippen molar-refractivity contribution in [2.45, 2.75) is 66.1 Å². The number of fused-ring (bicyclic) bond motifs is 2. The van der Waals surface area contributed by atoms with Gasteiger partial charge in [-0.1, -0.05) is 30.3 Å². The lowest BCUT2D eigenvalue weighted by atomic mass is 9.91. The van der Waals surface area contributed by atoms with Crippen LogP contribution in [0.15, 0.2) is 54.6 Å². The lowest BCUT2D eigenvalue weighted by molar-refractivity contribution is -0.160. The van der Waals surface area contributed by atoms with Gasteiger partial charge in [-0.15, -0.1) is 0 Å². The molecule has 0 bridgehead atoms. The fourth-order valence-corrected chi connectivity index (χ4v) is 6.13. The molecule has 3 aromatic carbocycles. The predicted molar refractivity (Wildman–Crippen MR) is 168 cm³/mol. The molecule has 6 rings (SSSR count). The van der Waals surface area contributed by atoms with Crippen LogP contribution in [-0.2, 0) is 16.0 Å². The maximum absolute atomic E-state index is 15.7. The molecule has 1 aliphatic heterocycles. The molecule has 0 radical (unpaired) electrons. The molecule has 1 atom stereocenters. The number of carbonyl (C=O) groups is 1. The Hall–Kier alpha value is -4.63. The zero-order valence-electron chi connectivity index (χ0n) is 26.2. The van der Waals surface area contributed by atoms with E-state index in [9.17, 15) is 14.3 Å². The van der Waals surface area contributed by atoms with Crippen LogP contribution in [0.25, 0.3) is 39.3 Å². The van der Waals surface area contributed by atoms with E-state index < -0.39 is 23.5 Å². The van der Waals surface area contributed by atoms with Crippen LogP contribution >= 0.6 is 0 Å². The van der Waals surface area contributed by atoms with Gasteiger partial charge in [-0.25, -0.2) is 23.1 Å². The van der Waals surface area contributed by atoms with Gasteiger partial charge in [0.25, 0.3) is 0 Å². The second-order valence-electron chi connectivity index (χ2n) is 12.5. The average Bonchev–Trinajstić information content (AvgIpc) is 3.32. The summed E-state index contributed by atoms with van der Waals surface area (Å²) in [7, 11) is 0. The molecule has 9 heteroatoms. The summed E-state index contributed by atoms with van der Waals surface area (Å²) in [6.45, 7) is 11.3. The van der Waals surface area contributed by atoms with E-state index >= 15 is 4.39 Å². The minimum atomic E-state index is -1.41. The number of hydrogen-bond acceptors (Lipinski definition) is 5. The van der Waals surface area contributed by atoms with Gasteiger partial charge in [0.05, 0.1) is 23.6 Å². The molecule has 0 aliphatic carbocycles. The lowest BCUT2D eigenvalue weighted by Gasteiger charge is -2.28. The normalized spacial score (nSPS) is 13.9. The third-order valence-electron chi connectivity index (χ3n) is 8.16. The van der Waals surface area contributed by atoms with E-state index in [0.29, 0.717) is 46.9 Å². The fraction of sp³-hybridized carbons (Fsp3) is 0.306. The van der Waals surface area contributed by atoms with E-state index in [-0.39, 0.29) is 11.6 Å². The van der Waals surface area contributed by atoms with Gasteiger partial charge in [0, 0.05) is 33.5 Å². The van der Waals surface area contributed by atoms with Crippen molar-refractivity contribution in [3.63, 3.8) is 0 Å². The van der Waals surface area contributed by atoms with Crippen LogP contribution in [0.1, 0.15) is 61.2 Å². The van der Waals surface area contributed by atoms with Crippen molar-refractivity contribution in [2.75, 3.05) is 6.61 Å². The van der Waals surface area contributed by atoms with Gasteiger partial charge in [0.15, 0.2) is 23.3 Å². The Bertz CT molecular complexity index is 1980. The van der Waals surface area contributed by atoms with Gasteiger partial charge in [0.2, 0.25) is 0 Å². The first kappa shape index (κ1) is 30.4. The minimum Gasteiger partial charge on any atom is -0.490 e. The van der Waals surface area contributed by atoms with Crippen LogP contribution < -0.4 is 4.74 Å². The third kappa shape index (κ3) is 5.57. The van der Waals surface area contributed by atoms with Gasteiger partial charge in [-0.05, 0) is 95.3 Å². The molecular formula is C36H35F2N3O4. The highest BCUT2D eigenvalue weighted by Gasteiger charge is 2.35. The Morgan fingerprint density at radius 1 is 1.00 bits per heavy atom. The average molecular weight is 612 g/mol. The van der Waals surface area contributed by atoms with Crippen molar-refractivity contribution in [2.24, 2.45) is 0 Å². The van der Waals surface area contributed by atoms with E-state index in [1.54, 1.807) is 38.3 Å². The second kappa shape index (κ2) is 11.4. The molecule has 5 aromatic rings. The number of carboxylic acid groups (broad SMARTS) is 1. The monoisotopic (exact) mass is 611 g/mol. The summed E-state index contributed by atoms with van der Waals surface area (Å²) < 4.78 is 43.2. The highest BCUT2D eigenvalue weighted by Crippen LogP contribution is 2.42. The van der Waals surface area contributed by atoms with Crippen LogP contribution in [0.3, 0.4) is 0 Å². The number of aryl methyl sites for hydroxylation is 2. The highest BCUT2D eigenvalue weighted by atomic mass is 19.1. The first-order valence-electron chi connectivity index (χ1n) is 15.0. The van der Waals surface area contributed by atoms with E-state index in [1.165, 1.54) is 18.2 Å². The minimum absolute atomic E-state index is 0.235. The van der Waals surface area contributed by atoms with Gasteiger partial charge in [0.1, 0.15) is 5.82 Å². The van der Waals surface area contributed by atoms with Crippen molar-refractivity contribution < 1.29 is 28.2 Å². The van der Waals surface area contributed by atoms with Crippen molar-refractivity contribution in [1.29, 1.82) is 0 Å². The van der Waals surface area contributed by atoms with Crippen molar-refractivity contribution >= 4 is 11.6 Å². The molecule has 0 saturated heterocycles. The number of halogens is 2. The molecule has 1 N–H and O–H groups in total. The summed E-state index contributed by atoms with van der Waals surface area (Å²) >= 11 is 0. The summed E-state index contributed by atoms with van der Waals surface area (Å²) in [6, 6.07) is 15.4. The van der Waals surface area contributed by atoms with E-state index in [0.717, 1.165) is 39.8 Å². The number of aliphatic carboxylic acids is 1. The Labute approximate surface area is 260 Å². The highest BCUT2D eigenvalue weighted by molar-refractivity contribution is 5.84. The molecule has 0 unspecified atom stereocenters. The van der Waals surface area contributed by atoms with Crippen molar-refractivity contribution in [1.82, 2.24) is 14.6 Å². The molecule has 232 valence electrons. The van der Waals surface area contributed by atoms with E-state index in [1.807, 2.05) is 44.2 Å². The zero-order valence-corrected chi connectivity index (χ0v) is 26.2. The van der Waals surface area contributed by atoms with Gasteiger partial charge >= 0.3 is 5.97 Å². The topological polar surface area (TPSA) is 86.0 Å². The number of hydrogen-bond donors (Lipinski definition) is 1. The maximum atomic E-state index is 15.7. The van der Waals surface area contributed by atoms with Crippen molar-refractivity contribution in [3.8, 4) is 39.4 Å². The molecule has 0 saturated carbocycles. The lowest BCUT2D eigenvalue weighted by Crippen LogP contribution is -2.29. The Balaban J connectivity index is 1.66. The SMILES string of the molecule is Cc1nc2c(C)c(-c3cccc(-c4cccc(F)c4)c3)nn2c(-c2cc(F)c3c(c2C)CCCO3)c1[C@H](OC(C)(C)C)C(=O)O. The Kier molecular flexibility index (Phi) is 7.69. The molecule has 2 aromatic heterocycles. The predicted octanol–water partition coefficient (Wildman–Crippen LogP) is 8.20. The molecule has 45 heavy (non-hydrogen) atoms. The third-order valence-corrected chi connectivity index (χ3v) is 8.16. The summed E-state index contributed by atoms with van der Waals surface area (Å²) in [4.78, 5) is 17.7. The maximum Gasteiger partial charge on any atom is 0.337 e.